The molecule has 0 bridgehead atoms. The molecule has 1 aliphatic rings. The Balaban J connectivity index is 2.09. The molecule has 0 radical (unpaired) electrons. The molecule has 0 unspecified atom stereocenters. The van der Waals surface area contributed by atoms with Crippen molar-refractivity contribution in [2.75, 3.05) is 0 Å². The molecule has 2 heterocycles. The van der Waals surface area contributed by atoms with E-state index in [-0.39, 0.29) is 6.54 Å². The minimum atomic E-state index is 0.140. The number of aryl methyl sites for hydroxylation is 1. The van der Waals surface area contributed by atoms with Crippen LogP contribution in [-0.2, 0) is 6.54 Å². The molecule has 0 atom stereocenters. The second-order valence-electron chi connectivity index (χ2n) is 5.68. The van der Waals surface area contributed by atoms with Gasteiger partial charge in [0.2, 0.25) is 12.3 Å². The van der Waals surface area contributed by atoms with Gasteiger partial charge in [0.05, 0.1) is 21.8 Å². The number of hydroxylamine groups is 1. The SMILES string of the molecule is Cc1cnc2n1-c1ccc(Cl)cc1C(c1ccccc1Cl)=[N+]([O-])C2. The van der Waals surface area contributed by atoms with E-state index in [0.717, 1.165) is 21.7 Å². The molecule has 1 aliphatic heterocycles. The Labute approximate surface area is 149 Å². The number of rotatable bonds is 1. The van der Waals surface area contributed by atoms with Gasteiger partial charge >= 0.3 is 0 Å². The van der Waals surface area contributed by atoms with Crippen molar-refractivity contribution in [1.29, 1.82) is 0 Å². The number of fused-ring (bicyclic) bond motifs is 3. The summed E-state index contributed by atoms with van der Waals surface area (Å²) in [5.41, 5.74) is 3.76. The Kier molecular flexibility index (Phi) is 3.59. The van der Waals surface area contributed by atoms with Crippen molar-refractivity contribution in [3.05, 3.63) is 86.6 Å². The molecule has 1 aromatic heterocycles. The zero-order valence-electron chi connectivity index (χ0n) is 12.8. The molecule has 24 heavy (non-hydrogen) atoms. The monoisotopic (exact) mass is 357 g/mol. The van der Waals surface area contributed by atoms with Gasteiger partial charge in [0.15, 0.2) is 5.82 Å². The zero-order valence-corrected chi connectivity index (χ0v) is 14.3. The van der Waals surface area contributed by atoms with E-state index in [1.54, 1.807) is 18.3 Å². The maximum atomic E-state index is 12.9. The minimum absolute atomic E-state index is 0.140. The molecule has 4 nitrogen and oxygen atoms in total. The molecule has 2 aromatic carbocycles. The molecular formula is C18H13Cl2N3O. The Morgan fingerprint density at radius 1 is 1.12 bits per heavy atom. The van der Waals surface area contributed by atoms with Gasteiger partial charge in [-0.25, -0.2) is 4.98 Å². The van der Waals surface area contributed by atoms with Crippen LogP contribution in [-0.4, -0.2) is 20.0 Å². The van der Waals surface area contributed by atoms with E-state index in [4.69, 9.17) is 23.2 Å². The van der Waals surface area contributed by atoms with Crippen molar-refractivity contribution >= 4 is 28.9 Å². The highest BCUT2D eigenvalue weighted by Gasteiger charge is 2.29. The first-order valence-electron chi connectivity index (χ1n) is 7.46. The number of imidazole rings is 1. The van der Waals surface area contributed by atoms with Gasteiger partial charge < -0.3 is 5.21 Å². The van der Waals surface area contributed by atoms with E-state index in [0.29, 0.717) is 27.1 Å². The van der Waals surface area contributed by atoms with Gasteiger partial charge in [-0.2, -0.15) is 4.74 Å². The van der Waals surface area contributed by atoms with Gasteiger partial charge in [-0.15, -0.1) is 0 Å². The first-order valence-corrected chi connectivity index (χ1v) is 8.22. The predicted molar refractivity (Wildman–Crippen MR) is 95.3 cm³/mol. The Morgan fingerprint density at radius 3 is 2.71 bits per heavy atom. The molecule has 0 N–H and O–H groups in total. The zero-order chi connectivity index (χ0) is 16.8. The summed E-state index contributed by atoms with van der Waals surface area (Å²) in [6.45, 7) is 2.10. The van der Waals surface area contributed by atoms with Crippen LogP contribution in [0.5, 0.6) is 0 Å². The lowest BCUT2D eigenvalue weighted by atomic mass is 10.00. The average molecular weight is 358 g/mol. The Morgan fingerprint density at radius 2 is 1.92 bits per heavy atom. The normalized spacial score (nSPS) is 13.5. The fourth-order valence-electron chi connectivity index (χ4n) is 3.09. The van der Waals surface area contributed by atoms with Gasteiger partial charge in [0.1, 0.15) is 0 Å². The van der Waals surface area contributed by atoms with Crippen molar-refractivity contribution in [1.82, 2.24) is 9.55 Å². The molecule has 0 aliphatic carbocycles. The smallest absolute Gasteiger partial charge is 0.229 e. The molecule has 0 amide bonds. The highest BCUT2D eigenvalue weighted by Crippen LogP contribution is 2.30. The third kappa shape index (κ3) is 2.30. The predicted octanol–water partition coefficient (Wildman–Crippen LogP) is 4.35. The summed E-state index contributed by atoms with van der Waals surface area (Å²) in [5.74, 6) is 0.688. The molecular weight excluding hydrogens is 345 g/mol. The third-order valence-corrected chi connectivity index (χ3v) is 4.69. The maximum absolute atomic E-state index is 12.9. The average Bonchev–Trinajstić information content (AvgIpc) is 2.85. The van der Waals surface area contributed by atoms with Crippen molar-refractivity contribution in [3.8, 4) is 5.69 Å². The van der Waals surface area contributed by atoms with E-state index < -0.39 is 0 Å². The van der Waals surface area contributed by atoms with Gasteiger partial charge in [-0.1, -0.05) is 35.3 Å². The van der Waals surface area contributed by atoms with Crippen LogP contribution in [0, 0.1) is 12.1 Å². The van der Waals surface area contributed by atoms with Gasteiger partial charge in [0, 0.05) is 16.9 Å². The van der Waals surface area contributed by atoms with Crippen LogP contribution in [0.3, 0.4) is 0 Å². The number of halogens is 2. The fourth-order valence-corrected chi connectivity index (χ4v) is 3.49. The van der Waals surface area contributed by atoms with Crippen molar-refractivity contribution in [3.63, 3.8) is 0 Å². The second kappa shape index (κ2) is 5.65. The first kappa shape index (κ1) is 15.2. The number of benzene rings is 2. The topological polar surface area (TPSA) is 43.9 Å². The van der Waals surface area contributed by atoms with Gasteiger partial charge in [-0.05, 0) is 37.3 Å². The van der Waals surface area contributed by atoms with Crippen LogP contribution >= 0.6 is 23.2 Å². The molecule has 0 saturated carbocycles. The lowest BCUT2D eigenvalue weighted by Crippen LogP contribution is -2.18. The molecule has 0 saturated heterocycles. The summed E-state index contributed by atoms with van der Waals surface area (Å²) in [5, 5.41) is 14.0. The van der Waals surface area contributed by atoms with Crippen LogP contribution < -0.4 is 0 Å². The summed E-state index contributed by atoms with van der Waals surface area (Å²) < 4.78 is 2.92. The number of nitrogens with zero attached hydrogens (tertiary/aromatic N) is 3. The van der Waals surface area contributed by atoms with Crippen LogP contribution in [0.25, 0.3) is 5.69 Å². The summed E-state index contributed by atoms with van der Waals surface area (Å²) in [4.78, 5) is 4.38. The summed E-state index contributed by atoms with van der Waals surface area (Å²) in [6, 6.07) is 12.8. The Hall–Kier alpha value is -2.30. The highest BCUT2D eigenvalue weighted by molar-refractivity contribution is 6.35. The molecule has 120 valence electrons. The van der Waals surface area contributed by atoms with Crippen molar-refractivity contribution < 1.29 is 4.74 Å². The first-order chi connectivity index (χ1) is 11.6. The van der Waals surface area contributed by atoms with Gasteiger partial charge in [0.25, 0.3) is 0 Å². The van der Waals surface area contributed by atoms with Crippen LogP contribution in [0.1, 0.15) is 22.6 Å². The molecule has 6 heteroatoms. The largest absolute Gasteiger partial charge is 0.623 e. The molecule has 0 fully saturated rings. The molecule has 4 rings (SSSR count). The summed E-state index contributed by atoms with van der Waals surface area (Å²) in [7, 11) is 0. The van der Waals surface area contributed by atoms with Crippen molar-refractivity contribution in [2.24, 2.45) is 0 Å². The number of hydrogen-bond acceptors (Lipinski definition) is 2. The number of aromatic nitrogens is 2. The third-order valence-electron chi connectivity index (χ3n) is 4.13. The van der Waals surface area contributed by atoms with E-state index in [2.05, 4.69) is 4.98 Å². The van der Waals surface area contributed by atoms with Gasteiger partial charge in [-0.3, -0.25) is 4.57 Å². The second-order valence-corrected chi connectivity index (χ2v) is 6.52. The highest BCUT2D eigenvalue weighted by atomic mass is 35.5. The van der Waals surface area contributed by atoms with Crippen LogP contribution in [0.4, 0.5) is 0 Å². The fraction of sp³-hybridized carbons (Fsp3) is 0.111. The summed E-state index contributed by atoms with van der Waals surface area (Å²) in [6.07, 6.45) is 1.77. The standard InChI is InChI=1S/C18H13Cl2N3O/c1-11-9-21-17-10-22(24)18(13-4-2-3-5-15(13)20)14-8-12(19)6-7-16(14)23(11)17/h2-9H,10H2,1H3. The minimum Gasteiger partial charge on any atom is -0.623 e. The van der Waals surface area contributed by atoms with E-state index in [1.165, 1.54) is 0 Å². The Bertz CT molecular complexity index is 992. The van der Waals surface area contributed by atoms with Crippen LogP contribution in [0.2, 0.25) is 10.0 Å². The maximum Gasteiger partial charge on any atom is 0.229 e. The van der Waals surface area contributed by atoms with Crippen molar-refractivity contribution in [2.45, 2.75) is 13.5 Å². The molecule has 3 aromatic rings. The number of hydrogen-bond donors (Lipinski definition) is 0. The lowest BCUT2D eigenvalue weighted by Gasteiger charge is -2.13. The van der Waals surface area contributed by atoms with E-state index in [1.807, 2.05) is 41.8 Å². The van der Waals surface area contributed by atoms with Crippen LogP contribution in [0.15, 0.2) is 48.7 Å². The molecule has 0 spiro atoms. The van der Waals surface area contributed by atoms with E-state index in [9.17, 15) is 5.21 Å². The lowest BCUT2D eigenvalue weighted by molar-refractivity contribution is -0.475. The summed E-state index contributed by atoms with van der Waals surface area (Å²) >= 11 is 12.6. The quantitative estimate of drug-likeness (QED) is 0.480. The van der Waals surface area contributed by atoms with E-state index >= 15 is 0 Å².